The molecule has 7 nitrogen and oxygen atoms in total. The minimum absolute atomic E-state index is 0.150. The van der Waals surface area contributed by atoms with Crippen LogP contribution in [0, 0.1) is 5.82 Å². The molecule has 0 spiro atoms. The topological polar surface area (TPSA) is 105 Å². The number of anilines is 1. The number of halogens is 1. The van der Waals surface area contributed by atoms with E-state index in [-0.39, 0.29) is 12.1 Å². The summed E-state index contributed by atoms with van der Waals surface area (Å²) >= 11 is 0. The lowest BCUT2D eigenvalue weighted by molar-refractivity contribution is -0.125. The van der Waals surface area contributed by atoms with Crippen LogP contribution in [-0.4, -0.2) is 42.4 Å². The van der Waals surface area contributed by atoms with Crippen molar-refractivity contribution in [2.24, 2.45) is 5.73 Å². The highest BCUT2D eigenvalue weighted by Gasteiger charge is 2.25. The van der Waals surface area contributed by atoms with Gasteiger partial charge in [0.1, 0.15) is 5.82 Å². The molecular weight excluding hydrogens is 267 g/mol. The van der Waals surface area contributed by atoms with Crippen molar-refractivity contribution >= 4 is 23.5 Å². The maximum atomic E-state index is 13.5. The molecule has 0 saturated carbocycles. The highest BCUT2D eigenvalue weighted by atomic mass is 19.1. The molecule has 1 fully saturated rings. The minimum atomic E-state index is -0.862. The van der Waals surface area contributed by atoms with Crippen LogP contribution in [0.5, 0.6) is 0 Å². The Morgan fingerprint density at radius 2 is 2.20 bits per heavy atom. The van der Waals surface area contributed by atoms with Crippen LogP contribution in [0.3, 0.4) is 0 Å². The van der Waals surface area contributed by atoms with Crippen LogP contribution in [0.4, 0.5) is 14.9 Å². The number of carbonyl (C=O) groups is 3. The number of nitrogens with one attached hydrogen (secondary N) is 2. The number of benzene rings is 1. The first-order valence-electron chi connectivity index (χ1n) is 5.90. The fourth-order valence-electron chi connectivity index (χ4n) is 1.81. The smallest absolute Gasteiger partial charge is 0.324 e. The molecule has 0 bridgehead atoms. The van der Waals surface area contributed by atoms with Crippen LogP contribution in [-0.2, 0) is 4.79 Å². The minimum Gasteiger partial charge on any atom is -0.376 e. The molecule has 0 unspecified atom stereocenters. The largest absolute Gasteiger partial charge is 0.376 e. The first-order chi connectivity index (χ1) is 9.49. The van der Waals surface area contributed by atoms with Gasteiger partial charge in [0.2, 0.25) is 5.91 Å². The van der Waals surface area contributed by atoms with Gasteiger partial charge in [-0.2, -0.15) is 0 Å². The molecule has 1 aromatic carbocycles. The van der Waals surface area contributed by atoms with E-state index in [2.05, 4.69) is 10.6 Å². The first kappa shape index (κ1) is 13.8. The van der Waals surface area contributed by atoms with Gasteiger partial charge in [0.05, 0.1) is 12.1 Å². The van der Waals surface area contributed by atoms with Crippen molar-refractivity contribution < 1.29 is 18.8 Å². The maximum Gasteiger partial charge on any atom is 0.324 e. The van der Waals surface area contributed by atoms with E-state index in [4.69, 9.17) is 5.73 Å². The van der Waals surface area contributed by atoms with Crippen molar-refractivity contribution in [1.29, 1.82) is 0 Å². The Bertz CT molecular complexity index is 576. The lowest BCUT2D eigenvalue weighted by Crippen LogP contribution is -2.38. The summed E-state index contributed by atoms with van der Waals surface area (Å²) in [5.74, 6) is -2.05. The molecule has 1 aromatic rings. The van der Waals surface area contributed by atoms with Crippen molar-refractivity contribution in [3.63, 3.8) is 0 Å². The van der Waals surface area contributed by atoms with E-state index in [1.54, 1.807) is 0 Å². The second-order valence-electron chi connectivity index (χ2n) is 4.19. The predicted molar refractivity (Wildman–Crippen MR) is 68.5 cm³/mol. The van der Waals surface area contributed by atoms with Gasteiger partial charge in [-0.1, -0.05) is 0 Å². The molecule has 20 heavy (non-hydrogen) atoms. The zero-order chi connectivity index (χ0) is 14.7. The number of urea groups is 1. The summed E-state index contributed by atoms with van der Waals surface area (Å²) in [6, 6.07) is 3.29. The van der Waals surface area contributed by atoms with Crippen LogP contribution in [0.15, 0.2) is 18.2 Å². The highest BCUT2D eigenvalue weighted by Crippen LogP contribution is 2.14. The molecule has 8 heteroatoms. The molecule has 0 atom stereocenters. The Kier molecular flexibility index (Phi) is 3.83. The number of carbonyl (C=O) groups excluding carboxylic acids is 3. The number of nitrogens with zero attached hydrogens (tertiary/aromatic N) is 1. The normalized spacial score (nSPS) is 14.1. The van der Waals surface area contributed by atoms with Gasteiger partial charge < -0.3 is 16.4 Å². The van der Waals surface area contributed by atoms with Crippen LogP contribution in [0.25, 0.3) is 0 Å². The number of primary amides is 1. The molecule has 0 radical (unpaired) electrons. The van der Waals surface area contributed by atoms with E-state index < -0.39 is 23.7 Å². The third-order valence-electron chi connectivity index (χ3n) is 2.84. The van der Waals surface area contributed by atoms with Crippen molar-refractivity contribution in [3.05, 3.63) is 29.6 Å². The summed E-state index contributed by atoms with van der Waals surface area (Å²) in [6.45, 7) is 0.587. The molecule has 106 valence electrons. The number of rotatable bonds is 4. The molecular formula is C12H13FN4O3. The number of hydrogen-bond donors (Lipinski definition) is 3. The predicted octanol–water partition coefficient (Wildman–Crippen LogP) is -0.112. The van der Waals surface area contributed by atoms with Gasteiger partial charge in [-0.3, -0.25) is 14.5 Å². The first-order valence-corrected chi connectivity index (χ1v) is 5.90. The average molecular weight is 280 g/mol. The van der Waals surface area contributed by atoms with E-state index in [1.807, 2.05) is 0 Å². The highest BCUT2D eigenvalue weighted by molar-refractivity contribution is 5.97. The third kappa shape index (κ3) is 2.85. The molecule has 4 N–H and O–H groups in total. The monoisotopic (exact) mass is 280 g/mol. The molecule has 1 heterocycles. The van der Waals surface area contributed by atoms with Crippen molar-refractivity contribution in [2.75, 3.05) is 25.0 Å². The van der Waals surface area contributed by atoms with Crippen LogP contribution >= 0.6 is 0 Å². The van der Waals surface area contributed by atoms with Crippen molar-refractivity contribution in [2.45, 2.75) is 0 Å². The third-order valence-corrected chi connectivity index (χ3v) is 2.84. The summed E-state index contributed by atoms with van der Waals surface area (Å²) in [5.41, 5.74) is 5.08. The lowest BCUT2D eigenvalue weighted by atomic mass is 10.2. The van der Waals surface area contributed by atoms with Gasteiger partial charge >= 0.3 is 6.03 Å². The molecule has 1 saturated heterocycles. The number of amides is 4. The quantitative estimate of drug-likeness (QED) is 0.715. The fraction of sp³-hybridized carbons (Fsp3) is 0.250. The summed E-state index contributed by atoms with van der Waals surface area (Å²) in [4.78, 5) is 34.9. The molecule has 0 aromatic heterocycles. The second kappa shape index (κ2) is 5.55. The lowest BCUT2D eigenvalue weighted by Gasteiger charge is -2.13. The van der Waals surface area contributed by atoms with E-state index in [0.29, 0.717) is 18.8 Å². The van der Waals surface area contributed by atoms with Crippen LogP contribution in [0.1, 0.15) is 10.4 Å². The zero-order valence-electron chi connectivity index (χ0n) is 10.5. The molecule has 4 amide bonds. The maximum absolute atomic E-state index is 13.5. The average Bonchev–Trinajstić information content (AvgIpc) is 2.82. The number of hydrogen-bond acceptors (Lipinski definition) is 4. The van der Waals surface area contributed by atoms with Crippen molar-refractivity contribution in [1.82, 2.24) is 10.2 Å². The Hall–Kier alpha value is -2.64. The Balaban J connectivity index is 1.97. The summed E-state index contributed by atoms with van der Waals surface area (Å²) in [7, 11) is 0. The van der Waals surface area contributed by atoms with Gasteiger partial charge in [0, 0.05) is 18.8 Å². The molecule has 1 aliphatic heterocycles. The van der Waals surface area contributed by atoms with Crippen molar-refractivity contribution in [3.8, 4) is 0 Å². The van der Waals surface area contributed by atoms with Gasteiger partial charge in [-0.05, 0) is 18.2 Å². The van der Waals surface area contributed by atoms with Crippen LogP contribution < -0.4 is 16.4 Å². The van der Waals surface area contributed by atoms with E-state index in [0.717, 1.165) is 11.0 Å². The van der Waals surface area contributed by atoms with E-state index in [1.165, 1.54) is 12.1 Å². The second-order valence-corrected chi connectivity index (χ2v) is 4.19. The van der Waals surface area contributed by atoms with Gasteiger partial charge in [0.25, 0.3) is 5.91 Å². The van der Waals surface area contributed by atoms with E-state index >= 15 is 0 Å². The zero-order valence-corrected chi connectivity index (χ0v) is 10.5. The number of nitrogens with two attached hydrogens (primary N) is 1. The number of imide groups is 1. The SMILES string of the molecule is NC(=O)c1ccc(NCC(=O)N2CCNC2=O)cc1F. The fourth-order valence-corrected chi connectivity index (χ4v) is 1.81. The van der Waals surface area contributed by atoms with Gasteiger partial charge in [-0.15, -0.1) is 0 Å². The summed E-state index contributed by atoms with van der Waals surface area (Å²) < 4.78 is 13.5. The summed E-state index contributed by atoms with van der Waals surface area (Å²) in [5, 5.41) is 5.19. The Morgan fingerprint density at radius 3 is 2.75 bits per heavy atom. The Labute approximate surface area is 113 Å². The Morgan fingerprint density at radius 1 is 1.45 bits per heavy atom. The van der Waals surface area contributed by atoms with Gasteiger partial charge in [0.15, 0.2) is 0 Å². The standard InChI is InChI=1S/C12H13FN4O3/c13-9-5-7(1-2-8(9)11(14)19)16-6-10(18)17-4-3-15-12(17)20/h1-2,5,16H,3-4,6H2,(H2,14,19)(H,15,20). The summed E-state index contributed by atoms with van der Waals surface area (Å²) in [6.07, 6.45) is 0. The molecule has 0 aliphatic carbocycles. The molecule has 1 aliphatic rings. The van der Waals surface area contributed by atoms with Gasteiger partial charge in [-0.25, -0.2) is 9.18 Å². The van der Waals surface area contributed by atoms with E-state index in [9.17, 15) is 18.8 Å². The van der Waals surface area contributed by atoms with Crippen LogP contribution in [0.2, 0.25) is 0 Å². The molecule has 2 rings (SSSR count).